The van der Waals surface area contributed by atoms with Gasteiger partial charge in [-0.25, -0.2) is 0 Å². The maximum absolute atomic E-state index is 11.0. The molecule has 0 unspecified atom stereocenters. The molecule has 1 aliphatic carbocycles. The highest BCUT2D eigenvalue weighted by Gasteiger charge is 2.39. The average Bonchev–Trinajstić information content (AvgIpc) is 2.85. The smallest absolute Gasteiger partial charge is 0.162 e. The van der Waals surface area contributed by atoms with E-state index in [4.69, 9.17) is 4.74 Å². The molecule has 1 aromatic heterocycles. The minimum Gasteiger partial charge on any atom is -0.493 e. The van der Waals surface area contributed by atoms with Crippen molar-refractivity contribution in [2.24, 2.45) is 5.92 Å². The Labute approximate surface area is 115 Å². The normalized spacial score (nSPS) is 27.5. The second-order valence-electron chi connectivity index (χ2n) is 5.64. The zero-order chi connectivity index (χ0) is 13.9. The standard InChI is InChI=1S/C15H26N2O2/c1-4-6-12-7-9-15(18,10-8-12)14-13(19-3)11-16-17(14)5-2/h11-12,18H,4-10H2,1-3H3. The highest BCUT2D eigenvalue weighted by Crippen LogP contribution is 2.43. The van der Waals surface area contributed by atoms with Crippen molar-refractivity contribution in [2.75, 3.05) is 7.11 Å². The third-order valence-electron chi connectivity index (χ3n) is 4.40. The van der Waals surface area contributed by atoms with Gasteiger partial charge in [-0.2, -0.15) is 5.10 Å². The van der Waals surface area contributed by atoms with Crippen LogP contribution in [0.1, 0.15) is 58.1 Å². The van der Waals surface area contributed by atoms with E-state index in [1.165, 1.54) is 12.8 Å². The molecule has 1 saturated carbocycles. The molecule has 0 spiro atoms. The maximum Gasteiger partial charge on any atom is 0.162 e. The van der Waals surface area contributed by atoms with Crippen LogP contribution in [-0.2, 0) is 12.1 Å². The van der Waals surface area contributed by atoms with Crippen LogP contribution >= 0.6 is 0 Å². The number of aromatic nitrogens is 2. The van der Waals surface area contributed by atoms with Gasteiger partial charge in [0.15, 0.2) is 5.75 Å². The van der Waals surface area contributed by atoms with Crippen molar-refractivity contribution in [1.29, 1.82) is 0 Å². The second kappa shape index (κ2) is 5.95. The number of methoxy groups -OCH3 is 1. The van der Waals surface area contributed by atoms with Gasteiger partial charge in [0.2, 0.25) is 0 Å². The molecular formula is C15H26N2O2. The summed E-state index contributed by atoms with van der Waals surface area (Å²) in [5, 5.41) is 15.3. The first-order valence-electron chi connectivity index (χ1n) is 7.47. The maximum atomic E-state index is 11.0. The Kier molecular flexibility index (Phi) is 4.50. The predicted octanol–water partition coefficient (Wildman–Crippen LogP) is 3.09. The highest BCUT2D eigenvalue weighted by atomic mass is 16.5. The third kappa shape index (κ3) is 2.78. The predicted molar refractivity (Wildman–Crippen MR) is 75.2 cm³/mol. The van der Waals surface area contributed by atoms with Gasteiger partial charge >= 0.3 is 0 Å². The van der Waals surface area contributed by atoms with E-state index >= 15 is 0 Å². The summed E-state index contributed by atoms with van der Waals surface area (Å²) >= 11 is 0. The Hall–Kier alpha value is -1.03. The lowest BCUT2D eigenvalue weighted by Crippen LogP contribution is -2.34. The van der Waals surface area contributed by atoms with Crippen LogP contribution in [0.3, 0.4) is 0 Å². The van der Waals surface area contributed by atoms with Gasteiger partial charge in [0.25, 0.3) is 0 Å². The Morgan fingerprint density at radius 1 is 1.42 bits per heavy atom. The van der Waals surface area contributed by atoms with Crippen LogP contribution in [-0.4, -0.2) is 22.0 Å². The van der Waals surface area contributed by atoms with Crippen LogP contribution < -0.4 is 4.74 Å². The van der Waals surface area contributed by atoms with Crippen LogP contribution in [0.2, 0.25) is 0 Å². The first-order valence-corrected chi connectivity index (χ1v) is 7.47. The molecule has 1 aromatic rings. The van der Waals surface area contributed by atoms with E-state index in [2.05, 4.69) is 12.0 Å². The number of nitrogens with zero attached hydrogens (tertiary/aromatic N) is 2. The van der Waals surface area contributed by atoms with Gasteiger partial charge in [-0.1, -0.05) is 19.8 Å². The topological polar surface area (TPSA) is 47.3 Å². The lowest BCUT2D eigenvalue weighted by Gasteiger charge is -2.36. The molecule has 1 fully saturated rings. The molecule has 0 atom stereocenters. The molecule has 0 aromatic carbocycles. The van der Waals surface area contributed by atoms with Crippen molar-refractivity contribution < 1.29 is 9.84 Å². The fourth-order valence-electron chi connectivity index (χ4n) is 3.32. The van der Waals surface area contributed by atoms with Gasteiger partial charge in [-0.3, -0.25) is 4.68 Å². The minimum atomic E-state index is -0.762. The second-order valence-corrected chi connectivity index (χ2v) is 5.64. The summed E-state index contributed by atoms with van der Waals surface area (Å²) in [6.45, 7) is 5.04. The molecule has 0 aliphatic heterocycles. The number of hydrogen-bond acceptors (Lipinski definition) is 3. The molecule has 0 bridgehead atoms. The molecule has 19 heavy (non-hydrogen) atoms. The zero-order valence-corrected chi connectivity index (χ0v) is 12.4. The van der Waals surface area contributed by atoms with Gasteiger partial charge in [-0.05, 0) is 38.5 Å². The van der Waals surface area contributed by atoms with E-state index in [1.54, 1.807) is 13.3 Å². The van der Waals surface area contributed by atoms with Crippen LogP contribution in [0.4, 0.5) is 0 Å². The quantitative estimate of drug-likeness (QED) is 0.891. The van der Waals surface area contributed by atoms with Gasteiger partial charge in [-0.15, -0.1) is 0 Å². The monoisotopic (exact) mass is 266 g/mol. The largest absolute Gasteiger partial charge is 0.493 e. The lowest BCUT2D eigenvalue weighted by atomic mass is 9.75. The molecule has 1 aliphatic rings. The summed E-state index contributed by atoms with van der Waals surface area (Å²) in [7, 11) is 1.65. The molecule has 0 radical (unpaired) electrons. The minimum absolute atomic E-state index is 0.721. The van der Waals surface area contributed by atoms with Crippen LogP contribution in [0.25, 0.3) is 0 Å². The highest BCUT2D eigenvalue weighted by molar-refractivity contribution is 5.31. The molecule has 4 nitrogen and oxygen atoms in total. The van der Waals surface area contributed by atoms with E-state index in [-0.39, 0.29) is 0 Å². The number of aryl methyl sites for hydroxylation is 1. The lowest BCUT2D eigenvalue weighted by molar-refractivity contribution is -0.0243. The van der Waals surface area contributed by atoms with Crippen molar-refractivity contribution in [3.63, 3.8) is 0 Å². The summed E-state index contributed by atoms with van der Waals surface area (Å²) in [5.74, 6) is 1.49. The van der Waals surface area contributed by atoms with E-state index < -0.39 is 5.60 Å². The van der Waals surface area contributed by atoms with Crippen molar-refractivity contribution in [3.05, 3.63) is 11.9 Å². The summed E-state index contributed by atoms with van der Waals surface area (Å²) in [6, 6.07) is 0. The number of aliphatic hydroxyl groups is 1. The van der Waals surface area contributed by atoms with Gasteiger partial charge in [0.1, 0.15) is 11.3 Å². The van der Waals surface area contributed by atoms with E-state index in [9.17, 15) is 5.11 Å². The molecule has 2 rings (SSSR count). The van der Waals surface area contributed by atoms with Crippen molar-refractivity contribution in [2.45, 2.75) is 64.5 Å². The number of ether oxygens (including phenoxy) is 1. The Morgan fingerprint density at radius 3 is 2.63 bits per heavy atom. The third-order valence-corrected chi connectivity index (χ3v) is 4.40. The zero-order valence-electron chi connectivity index (χ0n) is 12.4. The Morgan fingerprint density at radius 2 is 2.11 bits per heavy atom. The van der Waals surface area contributed by atoms with Crippen molar-refractivity contribution in [3.8, 4) is 5.75 Å². The average molecular weight is 266 g/mol. The van der Waals surface area contributed by atoms with E-state index in [1.807, 2.05) is 11.6 Å². The first kappa shape index (κ1) is 14.4. The van der Waals surface area contributed by atoms with E-state index in [0.717, 1.165) is 49.6 Å². The molecular weight excluding hydrogens is 240 g/mol. The van der Waals surface area contributed by atoms with Crippen LogP contribution in [0.5, 0.6) is 5.75 Å². The van der Waals surface area contributed by atoms with E-state index in [0.29, 0.717) is 0 Å². The number of rotatable bonds is 5. The van der Waals surface area contributed by atoms with Gasteiger partial charge < -0.3 is 9.84 Å². The number of hydrogen-bond donors (Lipinski definition) is 1. The van der Waals surface area contributed by atoms with Crippen molar-refractivity contribution in [1.82, 2.24) is 9.78 Å². The van der Waals surface area contributed by atoms with Crippen LogP contribution in [0.15, 0.2) is 6.20 Å². The molecule has 4 heteroatoms. The first-order chi connectivity index (χ1) is 9.14. The SMILES string of the molecule is CCCC1CCC(O)(c2c(OC)cnn2CC)CC1. The summed E-state index contributed by atoms with van der Waals surface area (Å²) in [5.41, 5.74) is 0.106. The fraction of sp³-hybridized carbons (Fsp3) is 0.800. The molecule has 108 valence electrons. The Balaban J connectivity index is 2.19. The Bertz CT molecular complexity index is 385. The van der Waals surface area contributed by atoms with Gasteiger partial charge in [0, 0.05) is 6.54 Å². The summed E-state index contributed by atoms with van der Waals surface area (Å²) in [4.78, 5) is 0. The van der Waals surface area contributed by atoms with Gasteiger partial charge in [0.05, 0.1) is 13.3 Å². The molecule has 0 amide bonds. The van der Waals surface area contributed by atoms with Crippen molar-refractivity contribution >= 4 is 0 Å². The fourth-order valence-corrected chi connectivity index (χ4v) is 3.32. The summed E-state index contributed by atoms with van der Waals surface area (Å²) in [6.07, 6.45) is 8.07. The van der Waals surface area contributed by atoms with Crippen LogP contribution in [0, 0.1) is 5.92 Å². The molecule has 0 saturated heterocycles. The summed E-state index contributed by atoms with van der Waals surface area (Å²) < 4.78 is 7.25. The molecule has 1 N–H and O–H groups in total. The molecule has 1 heterocycles.